The fraction of sp³-hybridized carbons (Fsp3) is 0.400. The third-order valence-corrected chi connectivity index (χ3v) is 5.26. The van der Waals surface area contributed by atoms with Gasteiger partial charge in [-0.05, 0) is 38.1 Å². The van der Waals surface area contributed by atoms with Gasteiger partial charge in [-0.3, -0.25) is 4.79 Å². The van der Waals surface area contributed by atoms with E-state index in [0.29, 0.717) is 29.1 Å². The van der Waals surface area contributed by atoms with Gasteiger partial charge in [-0.1, -0.05) is 0 Å². The van der Waals surface area contributed by atoms with Gasteiger partial charge in [0, 0.05) is 44.8 Å². The molecule has 0 atom stereocenters. The van der Waals surface area contributed by atoms with Crippen molar-refractivity contribution in [1.82, 2.24) is 30.2 Å². The lowest BCUT2D eigenvalue weighted by Crippen LogP contribution is -2.41. The number of carbonyl (C=O) groups excluding carboxylic acids is 1. The highest BCUT2D eigenvalue weighted by Gasteiger charge is 2.18. The average Bonchev–Trinajstić information content (AvgIpc) is 3.17. The number of aromatic nitrogens is 4. The number of amides is 1. The summed E-state index contributed by atoms with van der Waals surface area (Å²) in [5, 5.41) is 7.26. The number of fused-ring (bicyclic) bond motifs is 1. The third kappa shape index (κ3) is 4.14. The van der Waals surface area contributed by atoms with Crippen LogP contribution in [-0.2, 0) is 0 Å². The molecule has 29 heavy (non-hydrogen) atoms. The molecule has 0 aromatic carbocycles. The molecule has 1 saturated heterocycles. The zero-order chi connectivity index (χ0) is 20.4. The summed E-state index contributed by atoms with van der Waals surface area (Å²) in [6, 6.07) is 6.36. The van der Waals surface area contributed by atoms with E-state index in [1.807, 2.05) is 19.3 Å². The molecule has 0 saturated carbocycles. The quantitative estimate of drug-likeness (QED) is 0.608. The van der Waals surface area contributed by atoms with Gasteiger partial charge in [-0.25, -0.2) is 9.97 Å². The number of H-pyrrole nitrogens is 1. The molecule has 0 spiro atoms. The molecule has 9 heteroatoms. The van der Waals surface area contributed by atoms with E-state index >= 15 is 0 Å². The van der Waals surface area contributed by atoms with Crippen LogP contribution in [0.15, 0.2) is 30.6 Å². The van der Waals surface area contributed by atoms with Crippen LogP contribution in [-0.4, -0.2) is 71.0 Å². The monoisotopic (exact) mass is 394 g/mol. The van der Waals surface area contributed by atoms with Crippen LogP contribution in [0, 0.1) is 0 Å². The number of pyridine rings is 1. The molecule has 152 valence electrons. The standard InChI is InChI=1S/C20H26N8O/c1-21-14-6-8-28(9-7-14)15-4-5-17(22-12-15)25-20-23-11-13-10-16(19(29)27(2)3)24-18(13)26-20/h4-5,10-12,14,21H,6-9H2,1-3H3,(H2,22,23,24,25,26). The van der Waals surface area contributed by atoms with Gasteiger partial charge < -0.3 is 25.4 Å². The molecule has 3 aromatic heterocycles. The van der Waals surface area contributed by atoms with Gasteiger partial charge in [0.1, 0.15) is 17.2 Å². The Balaban J connectivity index is 1.45. The normalized spacial score (nSPS) is 14.9. The number of carbonyl (C=O) groups is 1. The van der Waals surface area contributed by atoms with Gasteiger partial charge in [0.05, 0.1) is 11.9 Å². The summed E-state index contributed by atoms with van der Waals surface area (Å²) in [4.78, 5) is 32.3. The van der Waals surface area contributed by atoms with Crippen molar-refractivity contribution >= 4 is 34.4 Å². The maximum atomic E-state index is 12.1. The predicted molar refractivity (Wildman–Crippen MR) is 114 cm³/mol. The lowest BCUT2D eigenvalue weighted by Gasteiger charge is -2.33. The van der Waals surface area contributed by atoms with Crippen LogP contribution in [0.4, 0.5) is 17.5 Å². The Kier molecular flexibility index (Phi) is 5.30. The Bertz CT molecular complexity index is 989. The molecule has 4 rings (SSSR count). The van der Waals surface area contributed by atoms with Crippen molar-refractivity contribution in [1.29, 1.82) is 0 Å². The summed E-state index contributed by atoms with van der Waals surface area (Å²) >= 11 is 0. The number of hydrogen-bond donors (Lipinski definition) is 3. The molecule has 0 unspecified atom stereocenters. The van der Waals surface area contributed by atoms with E-state index in [2.05, 4.69) is 41.5 Å². The second-order valence-electron chi connectivity index (χ2n) is 7.46. The van der Waals surface area contributed by atoms with E-state index in [9.17, 15) is 4.79 Å². The minimum absolute atomic E-state index is 0.103. The minimum atomic E-state index is -0.103. The zero-order valence-corrected chi connectivity index (χ0v) is 16.9. The third-order valence-electron chi connectivity index (χ3n) is 5.26. The fourth-order valence-electron chi connectivity index (χ4n) is 3.52. The number of nitrogens with one attached hydrogen (secondary N) is 3. The second kappa shape index (κ2) is 8.04. The zero-order valence-electron chi connectivity index (χ0n) is 16.9. The molecular weight excluding hydrogens is 368 g/mol. The first-order chi connectivity index (χ1) is 14.0. The van der Waals surface area contributed by atoms with E-state index in [0.717, 1.165) is 37.0 Å². The predicted octanol–water partition coefficient (Wildman–Crippen LogP) is 1.99. The summed E-state index contributed by atoms with van der Waals surface area (Å²) in [7, 11) is 5.45. The van der Waals surface area contributed by atoms with E-state index in [-0.39, 0.29) is 5.91 Å². The van der Waals surface area contributed by atoms with Gasteiger partial charge in [0.15, 0.2) is 0 Å². The van der Waals surface area contributed by atoms with Crippen LogP contribution in [0.3, 0.4) is 0 Å². The lowest BCUT2D eigenvalue weighted by molar-refractivity contribution is 0.0823. The highest BCUT2D eigenvalue weighted by atomic mass is 16.2. The molecule has 0 radical (unpaired) electrons. The highest BCUT2D eigenvalue weighted by Crippen LogP contribution is 2.22. The van der Waals surface area contributed by atoms with Crippen molar-refractivity contribution in [2.24, 2.45) is 0 Å². The minimum Gasteiger partial charge on any atom is -0.370 e. The Morgan fingerprint density at radius 1 is 1.21 bits per heavy atom. The molecule has 1 aliphatic heterocycles. The van der Waals surface area contributed by atoms with Crippen molar-refractivity contribution in [2.75, 3.05) is 44.4 Å². The van der Waals surface area contributed by atoms with Crippen LogP contribution >= 0.6 is 0 Å². The number of nitrogens with zero attached hydrogens (tertiary/aromatic N) is 5. The Hall–Kier alpha value is -3.20. The Morgan fingerprint density at radius 3 is 2.66 bits per heavy atom. The first kappa shape index (κ1) is 19.1. The SMILES string of the molecule is CNC1CCN(c2ccc(Nc3ncc4cc(C(=O)N(C)C)[nH]c4n3)nc2)CC1. The van der Waals surface area contributed by atoms with E-state index in [1.165, 1.54) is 4.90 Å². The van der Waals surface area contributed by atoms with Crippen molar-refractivity contribution in [2.45, 2.75) is 18.9 Å². The van der Waals surface area contributed by atoms with Crippen molar-refractivity contribution in [3.63, 3.8) is 0 Å². The van der Waals surface area contributed by atoms with E-state index in [1.54, 1.807) is 26.4 Å². The Morgan fingerprint density at radius 2 is 2.00 bits per heavy atom. The molecule has 9 nitrogen and oxygen atoms in total. The number of piperidine rings is 1. The first-order valence-electron chi connectivity index (χ1n) is 9.76. The van der Waals surface area contributed by atoms with Crippen LogP contribution in [0.1, 0.15) is 23.3 Å². The first-order valence-corrected chi connectivity index (χ1v) is 9.76. The molecule has 3 N–H and O–H groups in total. The van der Waals surface area contributed by atoms with Crippen molar-refractivity contribution in [3.05, 3.63) is 36.3 Å². The summed E-state index contributed by atoms with van der Waals surface area (Å²) in [6.45, 7) is 2.06. The van der Waals surface area contributed by atoms with Crippen molar-refractivity contribution in [3.8, 4) is 0 Å². The van der Waals surface area contributed by atoms with E-state index < -0.39 is 0 Å². The topological polar surface area (TPSA) is 102 Å². The smallest absolute Gasteiger partial charge is 0.269 e. The van der Waals surface area contributed by atoms with Crippen LogP contribution in [0.25, 0.3) is 11.0 Å². The largest absolute Gasteiger partial charge is 0.370 e. The average molecular weight is 394 g/mol. The molecule has 0 aliphatic carbocycles. The summed E-state index contributed by atoms with van der Waals surface area (Å²) in [6.07, 6.45) is 5.84. The second-order valence-corrected chi connectivity index (χ2v) is 7.46. The molecule has 1 aliphatic rings. The lowest BCUT2D eigenvalue weighted by atomic mass is 10.1. The maximum absolute atomic E-state index is 12.1. The van der Waals surface area contributed by atoms with Gasteiger partial charge >= 0.3 is 0 Å². The molecule has 3 aromatic rings. The molecular formula is C20H26N8O. The molecule has 0 bridgehead atoms. The molecule has 4 heterocycles. The summed E-state index contributed by atoms with van der Waals surface area (Å²) in [5.41, 5.74) is 2.22. The number of aromatic amines is 1. The highest BCUT2D eigenvalue weighted by molar-refractivity contribution is 5.97. The van der Waals surface area contributed by atoms with Crippen LogP contribution < -0.4 is 15.5 Å². The molecule has 1 amide bonds. The van der Waals surface area contributed by atoms with Gasteiger partial charge in [0.2, 0.25) is 5.95 Å². The number of anilines is 3. The number of hydrogen-bond acceptors (Lipinski definition) is 7. The summed E-state index contributed by atoms with van der Waals surface area (Å²) < 4.78 is 0. The van der Waals surface area contributed by atoms with Crippen LogP contribution in [0.5, 0.6) is 0 Å². The van der Waals surface area contributed by atoms with Gasteiger partial charge in [-0.15, -0.1) is 0 Å². The van der Waals surface area contributed by atoms with Crippen molar-refractivity contribution < 1.29 is 4.79 Å². The maximum Gasteiger partial charge on any atom is 0.269 e. The molecule has 1 fully saturated rings. The van der Waals surface area contributed by atoms with Gasteiger partial charge in [0.25, 0.3) is 5.91 Å². The summed E-state index contributed by atoms with van der Waals surface area (Å²) in [5.74, 6) is 1.00. The van der Waals surface area contributed by atoms with Crippen LogP contribution in [0.2, 0.25) is 0 Å². The van der Waals surface area contributed by atoms with Gasteiger partial charge in [-0.2, -0.15) is 4.98 Å². The fourth-order valence-corrected chi connectivity index (χ4v) is 3.52. The number of rotatable bonds is 5. The Labute approximate surface area is 169 Å². The van der Waals surface area contributed by atoms with E-state index in [4.69, 9.17) is 0 Å².